The Bertz CT molecular complexity index is 895. The quantitative estimate of drug-likeness (QED) is 0.430. The summed E-state index contributed by atoms with van der Waals surface area (Å²) in [5.41, 5.74) is 4.40. The minimum absolute atomic E-state index is 0.230. The van der Waals surface area contributed by atoms with Crippen LogP contribution in [0.2, 0.25) is 0 Å². The van der Waals surface area contributed by atoms with Gasteiger partial charge < -0.3 is 9.64 Å². The minimum atomic E-state index is 0.230. The average Bonchev–Trinajstić information content (AvgIpc) is 2.77. The fraction of sp³-hybridized carbons (Fsp3) is 0.333. The van der Waals surface area contributed by atoms with Crippen LogP contribution in [0, 0.1) is 0 Å². The Balaban J connectivity index is 1.90. The molecular formula is C27H32BNO. The normalized spacial score (nSPS) is 12.3. The summed E-state index contributed by atoms with van der Waals surface area (Å²) >= 11 is 0. The lowest BCUT2D eigenvalue weighted by molar-refractivity contribution is 0.226. The van der Waals surface area contributed by atoms with E-state index in [4.69, 9.17) is 12.6 Å². The summed E-state index contributed by atoms with van der Waals surface area (Å²) in [5, 5.41) is 0. The van der Waals surface area contributed by atoms with E-state index in [1.54, 1.807) is 0 Å². The van der Waals surface area contributed by atoms with Crippen molar-refractivity contribution in [1.82, 2.24) is 4.90 Å². The van der Waals surface area contributed by atoms with E-state index in [0.717, 1.165) is 41.8 Å². The molecule has 1 atom stereocenters. The van der Waals surface area contributed by atoms with Crippen molar-refractivity contribution in [2.24, 2.45) is 0 Å². The summed E-state index contributed by atoms with van der Waals surface area (Å²) in [6.07, 6.45) is 1.02. The molecule has 0 aromatic heterocycles. The Kier molecular flexibility index (Phi) is 8.16. The summed E-state index contributed by atoms with van der Waals surface area (Å²) in [4.78, 5) is 2.51. The van der Waals surface area contributed by atoms with Crippen molar-refractivity contribution >= 4 is 13.3 Å². The molecule has 0 heterocycles. The molecule has 154 valence electrons. The summed E-state index contributed by atoms with van der Waals surface area (Å²) in [6, 6.07) is 27.6. The van der Waals surface area contributed by atoms with Crippen LogP contribution in [0.25, 0.3) is 0 Å². The van der Waals surface area contributed by atoms with Crippen molar-refractivity contribution in [2.45, 2.75) is 45.8 Å². The lowest BCUT2D eigenvalue weighted by Gasteiger charge is -2.28. The molecule has 2 nitrogen and oxygen atoms in total. The van der Waals surface area contributed by atoms with Crippen LogP contribution in [0.15, 0.2) is 78.9 Å². The van der Waals surface area contributed by atoms with E-state index in [1.165, 1.54) is 5.56 Å². The van der Waals surface area contributed by atoms with Crippen LogP contribution < -0.4 is 10.2 Å². The predicted molar refractivity (Wildman–Crippen MR) is 128 cm³/mol. The van der Waals surface area contributed by atoms with Crippen LogP contribution in [-0.4, -0.2) is 31.9 Å². The Morgan fingerprint density at radius 1 is 0.900 bits per heavy atom. The van der Waals surface area contributed by atoms with E-state index in [9.17, 15) is 0 Å². The molecule has 0 bridgehead atoms. The van der Waals surface area contributed by atoms with Gasteiger partial charge in [-0.15, -0.1) is 0 Å². The van der Waals surface area contributed by atoms with Crippen LogP contribution >= 0.6 is 0 Å². The maximum Gasteiger partial charge on any atom is 0.123 e. The Morgan fingerprint density at radius 2 is 1.57 bits per heavy atom. The first-order valence-electron chi connectivity index (χ1n) is 10.9. The van der Waals surface area contributed by atoms with Gasteiger partial charge in [0.15, 0.2) is 0 Å². The van der Waals surface area contributed by atoms with Crippen LogP contribution in [0.3, 0.4) is 0 Å². The van der Waals surface area contributed by atoms with Gasteiger partial charge in [0.05, 0.1) is 0 Å². The topological polar surface area (TPSA) is 12.5 Å². The molecule has 0 saturated heterocycles. The molecule has 0 spiro atoms. The zero-order valence-corrected chi connectivity index (χ0v) is 18.4. The molecule has 2 radical (unpaired) electrons. The van der Waals surface area contributed by atoms with Crippen molar-refractivity contribution in [3.05, 3.63) is 95.6 Å². The fourth-order valence-corrected chi connectivity index (χ4v) is 3.97. The van der Waals surface area contributed by atoms with Crippen LogP contribution in [0.4, 0.5) is 0 Å². The molecule has 0 amide bonds. The van der Waals surface area contributed by atoms with Gasteiger partial charge in [-0.3, -0.25) is 0 Å². The Labute approximate surface area is 183 Å². The summed E-state index contributed by atoms with van der Waals surface area (Å²) < 4.78 is 6.29. The van der Waals surface area contributed by atoms with Crippen LogP contribution in [-0.2, 0) is 6.61 Å². The molecule has 0 N–H and O–H groups in total. The largest absolute Gasteiger partial charge is 0.489 e. The highest BCUT2D eigenvalue weighted by Crippen LogP contribution is 2.34. The van der Waals surface area contributed by atoms with Gasteiger partial charge in [0.2, 0.25) is 0 Å². The van der Waals surface area contributed by atoms with E-state index in [1.807, 2.05) is 30.3 Å². The molecule has 3 aromatic rings. The van der Waals surface area contributed by atoms with Gasteiger partial charge in [-0.1, -0.05) is 85.2 Å². The number of benzene rings is 3. The highest BCUT2D eigenvalue weighted by atomic mass is 16.5. The SMILES string of the molecule is [B]c1ccc(OCc2ccccc2)c([C@H](CCN(CC)C(C)C)c2ccccc2)c1. The summed E-state index contributed by atoms with van der Waals surface area (Å²) in [7, 11) is 6.22. The molecule has 3 heteroatoms. The van der Waals surface area contributed by atoms with Crippen molar-refractivity contribution in [2.75, 3.05) is 13.1 Å². The van der Waals surface area contributed by atoms with Gasteiger partial charge in [-0.05, 0) is 50.6 Å². The molecule has 3 rings (SSSR count). The molecule has 0 fully saturated rings. The predicted octanol–water partition coefficient (Wildman–Crippen LogP) is 5.31. The maximum atomic E-state index is 6.29. The fourth-order valence-electron chi connectivity index (χ4n) is 3.97. The molecule has 0 saturated carbocycles. The zero-order valence-electron chi connectivity index (χ0n) is 18.4. The van der Waals surface area contributed by atoms with E-state index in [0.29, 0.717) is 12.6 Å². The molecule has 0 unspecified atom stereocenters. The van der Waals surface area contributed by atoms with Gasteiger partial charge in [-0.25, -0.2) is 0 Å². The molecular weight excluding hydrogens is 365 g/mol. The second-order valence-corrected chi connectivity index (χ2v) is 8.05. The number of rotatable bonds is 10. The summed E-state index contributed by atoms with van der Waals surface area (Å²) in [6.45, 7) is 9.37. The third kappa shape index (κ3) is 5.99. The second-order valence-electron chi connectivity index (χ2n) is 8.05. The zero-order chi connectivity index (χ0) is 21.3. The molecule has 0 aliphatic carbocycles. The molecule has 0 aliphatic heterocycles. The van der Waals surface area contributed by atoms with E-state index < -0.39 is 0 Å². The number of hydrogen-bond donors (Lipinski definition) is 0. The van der Waals surface area contributed by atoms with E-state index >= 15 is 0 Å². The number of nitrogens with zero attached hydrogens (tertiary/aromatic N) is 1. The van der Waals surface area contributed by atoms with Gasteiger partial charge in [0.1, 0.15) is 20.2 Å². The van der Waals surface area contributed by atoms with Crippen LogP contribution in [0.5, 0.6) is 5.75 Å². The third-order valence-corrected chi connectivity index (χ3v) is 5.69. The maximum absolute atomic E-state index is 6.29. The first-order chi connectivity index (χ1) is 14.6. The van der Waals surface area contributed by atoms with Gasteiger partial charge >= 0.3 is 0 Å². The second kappa shape index (κ2) is 11.0. The summed E-state index contributed by atoms with van der Waals surface area (Å²) in [5.74, 6) is 1.14. The van der Waals surface area contributed by atoms with Gasteiger partial charge in [-0.2, -0.15) is 0 Å². The van der Waals surface area contributed by atoms with E-state index in [2.05, 4.69) is 74.2 Å². The lowest BCUT2D eigenvalue weighted by atomic mass is 9.84. The number of ether oxygens (including phenoxy) is 1. The Hall–Kier alpha value is -2.52. The van der Waals surface area contributed by atoms with Crippen molar-refractivity contribution < 1.29 is 4.74 Å². The molecule has 0 aliphatic rings. The minimum Gasteiger partial charge on any atom is -0.489 e. The molecule has 30 heavy (non-hydrogen) atoms. The van der Waals surface area contributed by atoms with Crippen LogP contribution in [0.1, 0.15) is 49.8 Å². The first kappa shape index (κ1) is 22.2. The van der Waals surface area contributed by atoms with Gasteiger partial charge in [0.25, 0.3) is 0 Å². The van der Waals surface area contributed by atoms with E-state index in [-0.39, 0.29) is 5.92 Å². The van der Waals surface area contributed by atoms with Crippen molar-refractivity contribution in [3.8, 4) is 5.75 Å². The standard InChI is InChI=1S/C27H32BNO/c1-4-29(21(2)3)18-17-25(23-13-9-6-10-14-23)26-19-24(28)15-16-27(26)30-20-22-11-7-5-8-12-22/h5-16,19,21,25H,4,17-18,20H2,1-3H3/t25-/m1/s1. The highest BCUT2D eigenvalue weighted by Gasteiger charge is 2.20. The number of hydrogen-bond acceptors (Lipinski definition) is 2. The smallest absolute Gasteiger partial charge is 0.123 e. The monoisotopic (exact) mass is 397 g/mol. The Morgan fingerprint density at radius 3 is 2.20 bits per heavy atom. The van der Waals surface area contributed by atoms with Gasteiger partial charge in [0, 0.05) is 17.5 Å². The lowest BCUT2D eigenvalue weighted by Crippen LogP contribution is -2.32. The van der Waals surface area contributed by atoms with Crippen molar-refractivity contribution in [1.29, 1.82) is 0 Å². The highest BCUT2D eigenvalue weighted by molar-refractivity contribution is 6.32. The average molecular weight is 397 g/mol. The molecule has 3 aromatic carbocycles. The van der Waals surface area contributed by atoms with Crippen molar-refractivity contribution in [3.63, 3.8) is 0 Å². The first-order valence-corrected chi connectivity index (χ1v) is 10.9. The third-order valence-electron chi connectivity index (χ3n) is 5.69.